The predicted octanol–water partition coefficient (Wildman–Crippen LogP) is 4.29. The molecule has 2 aliphatic rings. The lowest BCUT2D eigenvalue weighted by atomic mass is 10.1. The smallest absolute Gasteiger partial charge is 0.306 e. The number of aromatic nitrogens is 4. The number of ketones is 1. The number of anilines is 1. The molecule has 4 rings (SSSR count). The molecule has 0 saturated carbocycles. The van der Waals surface area contributed by atoms with Gasteiger partial charge in [0.25, 0.3) is 0 Å². The Morgan fingerprint density at radius 1 is 1.21 bits per heavy atom. The van der Waals surface area contributed by atoms with Crippen LogP contribution in [0.2, 0.25) is 25.7 Å². The maximum absolute atomic E-state index is 12.4. The number of ether oxygens (including phenoxy) is 3. The van der Waals surface area contributed by atoms with E-state index in [2.05, 4.69) is 40.2 Å². The second-order valence-electron chi connectivity index (χ2n) is 12.1. The quantitative estimate of drug-likeness (QED) is 0.167. The van der Waals surface area contributed by atoms with Crippen LogP contribution in [0.25, 0.3) is 11.2 Å². The SMILES string of the molecule is CC[C@H]1O[C@@H](n2cnc3c(OCC[Si](C)(C)C)nc(NCNC(=O)CC4CCCS4)nc32)CC1OC(=O)CCC(C)=O. The van der Waals surface area contributed by atoms with Crippen molar-refractivity contribution in [2.24, 2.45) is 0 Å². The van der Waals surface area contributed by atoms with E-state index >= 15 is 0 Å². The van der Waals surface area contributed by atoms with Crippen molar-refractivity contribution in [1.82, 2.24) is 24.8 Å². The number of Topliss-reactive ketones (excluding diaryl/α,β-unsaturated/α-hetero) is 1. The zero-order chi connectivity index (χ0) is 30.3. The monoisotopic (exact) mass is 620 g/mol. The Morgan fingerprint density at radius 2 is 2.02 bits per heavy atom. The van der Waals surface area contributed by atoms with E-state index in [-0.39, 0.29) is 37.3 Å². The lowest BCUT2D eigenvalue weighted by molar-refractivity contribution is -0.152. The van der Waals surface area contributed by atoms with Gasteiger partial charge in [-0.05, 0) is 38.0 Å². The Hall–Kier alpha value is -2.71. The van der Waals surface area contributed by atoms with Gasteiger partial charge in [0.1, 0.15) is 18.1 Å². The van der Waals surface area contributed by atoms with Crippen molar-refractivity contribution in [2.75, 3.05) is 24.3 Å². The molecule has 2 aromatic heterocycles. The van der Waals surface area contributed by atoms with Crippen molar-refractivity contribution in [3.63, 3.8) is 0 Å². The van der Waals surface area contributed by atoms with Crippen LogP contribution in [0.15, 0.2) is 6.33 Å². The van der Waals surface area contributed by atoms with Crippen molar-refractivity contribution in [3.8, 4) is 5.88 Å². The summed E-state index contributed by atoms with van der Waals surface area (Å²) in [7, 11) is -1.34. The van der Waals surface area contributed by atoms with Crippen molar-refractivity contribution in [3.05, 3.63) is 6.33 Å². The first kappa shape index (κ1) is 32.2. The van der Waals surface area contributed by atoms with Crippen LogP contribution in [-0.2, 0) is 23.9 Å². The van der Waals surface area contributed by atoms with Crippen LogP contribution in [0, 0.1) is 0 Å². The minimum atomic E-state index is -1.34. The summed E-state index contributed by atoms with van der Waals surface area (Å²) < 4.78 is 19.9. The fourth-order valence-electron chi connectivity index (χ4n) is 4.90. The molecule has 2 unspecified atom stereocenters. The third kappa shape index (κ3) is 9.14. The summed E-state index contributed by atoms with van der Waals surface area (Å²) in [4.78, 5) is 49.9. The number of nitrogens with one attached hydrogen (secondary N) is 2. The highest BCUT2D eigenvalue weighted by molar-refractivity contribution is 8.00. The topological polar surface area (TPSA) is 147 Å². The van der Waals surface area contributed by atoms with Gasteiger partial charge in [0.2, 0.25) is 17.7 Å². The Kier molecular flexibility index (Phi) is 11.2. The average Bonchev–Trinajstić information content (AvgIpc) is 3.67. The molecule has 2 aromatic rings. The van der Waals surface area contributed by atoms with Gasteiger partial charge in [0.15, 0.2) is 11.2 Å². The summed E-state index contributed by atoms with van der Waals surface area (Å²) >= 11 is 1.85. The number of carbonyl (C=O) groups excluding carboxylic acids is 3. The fourth-order valence-corrected chi connectivity index (χ4v) is 6.89. The van der Waals surface area contributed by atoms with Crippen LogP contribution in [0.4, 0.5) is 5.95 Å². The molecule has 4 heterocycles. The van der Waals surface area contributed by atoms with Crippen LogP contribution in [0.3, 0.4) is 0 Å². The molecule has 0 aromatic carbocycles. The maximum Gasteiger partial charge on any atom is 0.306 e. The van der Waals surface area contributed by atoms with Crippen molar-refractivity contribution in [1.29, 1.82) is 0 Å². The van der Waals surface area contributed by atoms with Crippen LogP contribution in [-0.4, -0.2) is 81.7 Å². The fraction of sp³-hybridized carbons (Fsp3) is 0.714. The number of rotatable bonds is 15. The first-order valence-electron chi connectivity index (χ1n) is 14.9. The number of imidazole rings is 1. The summed E-state index contributed by atoms with van der Waals surface area (Å²) in [5.74, 6) is 1.32. The minimum Gasteiger partial charge on any atom is -0.476 e. The highest BCUT2D eigenvalue weighted by atomic mass is 32.2. The van der Waals surface area contributed by atoms with Crippen molar-refractivity contribution in [2.45, 2.75) is 108 Å². The summed E-state index contributed by atoms with van der Waals surface area (Å²) in [5.41, 5.74) is 1.03. The average molecular weight is 621 g/mol. The summed E-state index contributed by atoms with van der Waals surface area (Å²) in [6, 6.07) is 0.956. The summed E-state index contributed by atoms with van der Waals surface area (Å²) in [5, 5.41) is 6.41. The number of esters is 1. The number of hydrogen-bond donors (Lipinski definition) is 2. The molecule has 0 spiro atoms. The molecule has 2 saturated heterocycles. The second kappa shape index (κ2) is 14.6. The highest BCUT2D eigenvalue weighted by Gasteiger charge is 2.38. The van der Waals surface area contributed by atoms with Gasteiger partial charge in [-0.2, -0.15) is 21.7 Å². The molecule has 42 heavy (non-hydrogen) atoms. The molecule has 0 radical (unpaired) electrons. The lowest BCUT2D eigenvalue weighted by Gasteiger charge is -2.17. The standard InChI is InChI=1S/C28H44N6O6SSi/c1-6-20-21(40-24(37)10-9-18(2)35)15-23(39-20)34-17-31-25-26(34)32-28(33-27(25)38-11-13-42(3,4)5)30-16-29-22(36)14-19-8-7-12-41-19/h17,19-21,23H,6-16H2,1-5H3,(H,29,36)(H,30,32,33)/t19?,20-,21?,23-/m1/s1. The van der Waals surface area contributed by atoms with E-state index in [9.17, 15) is 14.4 Å². The lowest BCUT2D eigenvalue weighted by Crippen LogP contribution is -2.31. The molecule has 2 aliphatic heterocycles. The molecular weight excluding hydrogens is 576 g/mol. The van der Waals surface area contributed by atoms with E-state index in [0.29, 0.717) is 54.1 Å². The minimum absolute atomic E-state index is 0.00603. The van der Waals surface area contributed by atoms with Gasteiger partial charge in [-0.25, -0.2) is 4.98 Å². The van der Waals surface area contributed by atoms with E-state index in [4.69, 9.17) is 19.2 Å². The molecule has 14 heteroatoms. The summed E-state index contributed by atoms with van der Waals surface area (Å²) in [6.07, 6.45) is 4.46. The number of nitrogens with zero attached hydrogens (tertiary/aromatic N) is 4. The largest absolute Gasteiger partial charge is 0.476 e. The molecule has 1 amide bonds. The van der Waals surface area contributed by atoms with Crippen LogP contribution in [0.1, 0.15) is 65.0 Å². The maximum atomic E-state index is 12.4. The number of thioether (sulfide) groups is 1. The third-order valence-corrected chi connectivity index (χ3v) is 10.4. The first-order valence-corrected chi connectivity index (χ1v) is 19.6. The van der Waals surface area contributed by atoms with Crippen molar-refractivity contribution >= 4 is 54.6 Å². The molecule has 0 bridgehead atoms. The number of fused-ring (bicyclic) bond motifs is 1. The van der Waals surface area contributed by atoms with Gasteiger partial charge in [-0.1, -0.05) is 26.6 Å². The molecular formula is C28H44N6O6SSi. The number of hydrogen-bond acceptors (Lipinski definition) is 11. The number of carbonyl (C=O) groups is 3. The van der Waals surface area contributed by atoms with E-state index in [1.165, 1.54) is 6.92 Å². The van der Waals surface area contributed by atoms with Gasteiger partial charge in [0.05, 0.1) is 32.1 Å². The Labute approximate surface area is 252 Å². The van der Waals surface area contributed by atoms with Gasteiger partial charge in [-0.15, -0.1) is 0 Å². The van der Waals surface area contributed by atoms with E-state index in [1.807, 2.05) is 23.3 Å². The van der Waals surface area contributed by atoms with Gasteiger partial charge >= 0.3 is 5.97 Å². The Bertz CT molecular complexity index is 1250. The molecule has 0 aliphatic carbocycles. The molecule has 2 N–H and O–H groups in total. The molecule has 12 nitrogen and oxygen atoms in total. The second-order valence-corrected chi connectivity index (χ2v) is 19.2. The van der Waals surface area contributed by atoms with E-state index in [1.54, 1.807) is 6.33 Å². The van der Waals surface area contributed by atoms with E-state index in [0.717, 1.165) is 24.6 Å². The highest BCUT2D eigenvalue weighted by Crippen LogP contribution is 2.36. The predicted molar refractivity (Wildman–Crippen MR) is 164 cm³/mol. The first-order chi connectivity index (χ1) is 20.0. The zero-order valence-electron chi connectivity index (χ0n) is 25.3. The van der Waals surface area contributed by atoms with Gasteiger partial charge in [-0.3, -0.25) is 14.2 Å². The van der Waals surface area contributed by atoms with Crippen LogP contribution in [0.5, 0.6) is 5.88 Å². The van der Waals surface area contributed by atoms with Crippen LogP contribution < -0.4 is 15.4 Å². The molecule has 2 fully saturated rings. The van der Waals surface area contributed by atoms with E-state index < -0.39 is 26.4 Å². The molecule has 4 atom stereocenters. The Balaban J connectivity index is 1.49. The van der Waals surface area contributed by atoms with Gasteiger partial charge < -0.3 is 29.6 Å². The molecule has 232 valence electrons. The zero-order valence-corrected chi connectivity index (χ0v) is 27.1. The van der Waals surface area contributed by atoms with Gasteiger partial charge in [0, 0.05) is 32.6 Å². The Morgan fingerprint density at radius 3 is 2.71 bits per heavy atom. The van der Waals surface area contributed by atoms with Crippen LogP contribution >= 0.6 is 11.8 Å². The van der Waals surface area contributed by atoms with Crippen molar-refractivity contribution < 1.29 is 28.6 Å². The number of amides is 1. The summed E-state index contributed by atoms with van der Waals surface area (Å²) in [6.45, 7) is 11.0. The third-order valence-electron chi connectivity index (χ3n) is 7.31. The normalized spacial score (nSPS) is 22.3.